The lowest BCUT2D eigenvalue weighted by molar-refractivity contribution is -0.137. The first-order valence-electron chi connectivity index (χ1n) is 4.58. The van der Waals surface area contributed by atoms with Crippen molar-refractivity contribution in [2.24, 2.45) is 5.92 Å². The van der Waals surface area contributed by atoms with E-state index in [9.17, 15) is 4.79 Å². The minimum atomic E-state index is -0.688. The maximum atomic E-state index is 10.2. The number of carboxylic acid groups (broad SMARTS) is 1. The van der Waals surface area contributed by atoms with Gasteiger partial charge in [0.25, 0.3) is 0 Å². The summed E-state index contributed by atoms with van der Waals surface area (Å²) in [7, 11) is 0. The number of carbonyl (C=O) groups is 1. The zero-order valence-corrected chi connectivity index (χ0v) is 7.29. The van der Waals surface area contributed by atoms with Gasteiger partial charge in [-0.3, -0.25) is 4.79 Å². The molecular weight excluding hydrogens is 156 g/mol. The zero-order valence-electron chi connectivity index (χ0n) is 7.29. The van der Waals surface area contributed by atoms with E-state index in [-0.39, 0.29) is 0 Å². The molecule has 1 aliphatic rings. The predicted octanol–water partition coefficient (Wildman–Crippen LogP) is 1.67. The summed E-state index contributed by atoms with van der Waals surface area (Å²) in [6, 6.07) is 0. The van der Waals surface area contributed by atoms with Crippen LogP contribution in [-0.2, 0) is 9.53 Å². The molecule has 1 fully saturated rings. The second kappa shape index (κ2) is 5.14. The fraction of sp³-hybridized carbons (Fsp3) is 0.889. The Morgan fingerprint density at radius 2 is 2.42 bits per heavy atom. The third kappa shape index (κ3) is 3.72. The summed E-state index contributed by atoms with van der Waals surface area (Å²) in [6.45, 7) is 1.72. The van der Waals surface area contributed by atoms with Crippen molar-refractivity contribution in [1.82, 2.24) is 0 Å². The van der Waals surface area contributed by atoms with Crippen molar-refractivity contribution in [2.75, 3.05) is 13.2 Å². The molecular formula is C9H16O3. The van der Waals surface area contributed by atoms with Gasteiger partial charge in [-0.05, 0) is 31.6 Å². The molecule has 3 nitrogen and oxygen atoms in total. The van der Waals surface area contributed by atoms with E-state index in [2.05, 4.69) is 0 Å². The van der Waals surface area contributed by atoms with Gasteiger partial charge in [0.2, 0.25) is 0 Å². The second-order valence-electron chi connectivity index (χ2n) is 3.37. The van der Waals surface area contributed by atoms with Crippen molar-refractivity contribution >= 4 is 5.97 Å². The normalized spacial score (nSPS) is 23.8. The Balaban J connectivity index is 2.01. The van der Waals surface area contributed by atoms with Gasteiger partial charge in [0.1, 0.15) is 0 Å². The van der Waals surface area contributed by atoms with E-state index in [4.69, 9.17) is 9.84 Å². The van der Waals surface area contributed by atoms with Crippen molar-refractivity contribution in [3.05, 3.63) is 0 Å². The molecule has 1 aliphatic heterocycles. The van der Waals surface area contributed by atoms with Gasteiger partial charge in [-0.1, -0.05) is 0 Å². The van der Waals surface area contributed by atoms with Crippen LogP contribution in [0.1, 0.15) is 32.1 Å². The lowest BCUT2D eigenvalue weighted by atomic mass is 9.96. The lowest BCUT2D eigenvalue weighted by Crippen LogP contribution is -2.17. The first-order chi connectivity index (χ1) is 5.79. The summed E-state index contributed by atoms with van der Waals surface area (Å²) in [5, 5.41) is 8.41. The average Bonchev–Trinajstić information content (AvgIpc) is 2.05. The van der Waals surface area contributed by atoms with Crippen LogP contribution in [-0.4, -0.2) is 24.3 Å². The molecule has 0 radical (unpaired) electrons. The Bertz CT molecular complexity index is 139. The maximum absolute atomic E-state index is 10.2. The van der Waals surface area contributed by atoms with E-state index in [1.165, 1.54) is 6.42 Å². The fourth-order valence-corrected chi connectivity index (χ4v) is 1.58. The number of ether oxygens (including phenoxy) is 1. The van der Waals surface area contributed by atoms with Crippen LogP contribution in [0.15, 0.2) is 0 Å². The molecule has 0 bridgehead atoms. The van der Waals surface area contributed by atoms with E-state index in [1.54, 1.807) is 0 Å². The van der Waals surface area contributed by atoms with Gasteiger partial charge in [-0.15, -0.1) is 0 Å². The van der Waals surface area contributed by atoms with Gasteiger partial charge in [0.15, 0.2) is 0 Å². The molecule has 1 rings (SSSR count). The molecule has 1 unspecified atom stereocenters. The molecule has 0 saturated carbocycles. The number of hydrogen-bond donors (Lipinski definition) is 1. The predicted molar refractivity (Wildman–Crippen MR) is 45.0 cm³/mol. The van der Waals surface area contributed by atoms with Crippen molar-refractivity contribution < 1.29 is 14.6 Å². The number of rotatable bonds is 4. The first-order valence-corrected chi connectivity index (χ1v) is 4.58. The summed E-state index contributed by atoms with van der Waals surface area (Å²) in [4.78, 5) is 10.2. The van der Waals surface area contributed by atoms with E-state index in [0.717, 1.165) is 32.5 Å². The zero-order chi connectivity index (χ0) is 8.81. The largest absolute Gasteiger partial charge is 0.481 e. The third-order valence-corrected chi connectivity index (χ3v) is 2.26. The Kier molecular flexibility index (Phi) is 4.08. The van der Waals surface area contributed by atoms with Crippen LogP contribution in [0.25, 0.3) is 0 Å². The van der Waals surface area contributed by atoms with Gasteiger partial charge >= 0.3 is 5.97 Å². The third-order valence-electron chi connectivity index (χ3n) is 2.26. The highest BCUT2D eigenvalue weighted by atomic mass is 16.5. The minimum absolute atomic E-state index is 0.302. The SMILES string of the molecule is O=C(O)CCCC1CCCOC1. The molecule has 12 heavy (non-hydrogen) atoms. The highest BCUT2D eigenvalue weighted by molar-refractivity contribution is 5.66. The molecule has 0 aromatic heterocycles. The maximum Gasteiger partial charge on any atom is 0.303 e. The Hall–Kier alpha value is -0.570. The number of hydrogen-bond acceptors (Lipinski definition) is 2. The summed E-state index contributed by atoms with van der Waals surface area (Å²) in [6.07, 6.45) is 4.45. The van der Waals surface area contributed by atoms with Crippen LogP contribution >= 0.6 is 0 Å². The molecule has 0 spiro atoms. The van der Waals surface area contributed by atoms with Gasteiger partial charge < -0.3 is 9.84 Å². The van der Waals surface area contributed by atoms with Crippen LogP contribution in [0.4, 0.5) is 0 Å². The van der Waals surface area contributed by atoms with Gasteiger partial charge in [0, 0.05) is 19.6 Å². The lowest BCUT2D eigenvalue weighted by Gasteiger charge is -2.21. The Morgan fingerprint density at radius 3 is 3.00 bits per heavy atom. The minimum Gasteiger partial charge on any atom is -0.481 e. The highest BCUT2D eigenvalue weighted by Gasteiger charge is 2.13. The van der Waals surface area contributed by atoms with Crippen molar-refractivity contribution in [3.63, 3.8) is 0 Å². The Labute approximate surface area is 72.7 Å². The van der Waals surface area contributed by atoms with Crippen molar-refractivity contribution in [1.29, 1.82) is 0 Å². The van der Waals surface area contributed by atoms with Crippen molar-refractivity contribution in [3.8, 4) is 0 Å². The van der Waals surface area contributed by atoms with Crippen LogP contribution in [0.3, 0.4) is 0 Å². The fourth-order valence-electron chi connectivity index (χ4n) is 1.58. The second-order valence-corrected chi connectivity index (χ2v) is 3.37. The van der Waals surface area contributed by atoms with E-state index >= 15 is 0 Å². The molecule has 1 N–H and O–H groups in total. The molecule has 1 heterocycles. The topological polar surface area (TPSA) is 46.5 Å². The summed E-state index contributed by atoms with van der Waals surface area (Å²) in [5.41, 5.74) is 0. The Morgan fingerprint density at radius 1 is 1.58 bits per heavy atom. The summed E-state index contributed by atoms with van der Waals surface area (Å²) < 4.78 is 5.29. The summed E-state index contributed by atoms with van der Waals surface area (Å²) >= 11 is 0. The van der Waals surface area contributed by atoms with E-state index in [1.807, 2.05) is 0 Å². The highest BCUT2D eigenvalue weighted by Crippen LogP contribution is 2.19. The molecule has 0 aromatic rings. The van der Waals surface area contributed by atoms with Gasteiger partial charge in [-0.2, -0.15) is 0 Å². The molecule has 1 atom stereocenters. The molecule has 0 aromatic carbocycles. The first kappa shape index (κ1) is 9.52. The van der Waals surface area contributed by atoms with Gasteiger partial charge in [-0.25, -0.2) is 0 Å². The van der Waals surface area contributed by atoms with Crippen LogP contribution in [0.2, 0.25) is 0 Å². The molecule has 0 amide bonds. The number of carboxylic acids is 1. The summed E-state index contributed by atoms with van der Waals surface area (Å²) in [5.74, 6) is -0.0789. The molecule has 1 saturated heterocycles. The molecule has 70 valence electrons. The van der Waals surface area contributed by atoms with Gasteiger partial charge in [0.05, 0.1) is 0 Å². The average molecular weight is 172 g/mol. The van der Waals surface area contributed by atoms with Crippen LogP contribution < -0.4 is 0 Å². The smallest absolute Gasteiger partial charge is 0.303 e. The van der Waals surface area contributed by atoms with E-state index < -0.39 is 5.97 Å². The monoisotopic (exact) mass is 172 g/mol. The quantitative estimate of drug-likeness (QED) is 0.701. The van der Waals surface area contributed by atoms with E-state index in [0.29, 0.717) is 12.3 Å². The number of aliphatic carboxylic acids is 1. The molecule has 0 aliphatic carbocycles. The van der Waals surface area contributed by atoms with Crippen LogP contribution in [0, 0.1) is 5.92 Å². The standard InChI is InChI=1S/C9H16O3/c10-9(11)5-1-3-8-4-2-6-12-7-8/h8H,1-7H2,(H,10,11). The van der Waals surface area contributed by atoms with Crippen molar-refractivity contribution in [2.45, 2.75) is 32.1 Å². The molecule has 3 heteroatoms. The van der Waals surface area contributed by atoms with Crippen LogP contribution in [0.5, 0.6) is 0 Å².